The maximum Gasteiger partial charge on any atom is 0.237 e. The average molecular weight is 443 g/mol. The number of carbonyl (C=O) groups is 1. The Bertz CT molecular complexity index is 949. The zero-order valence-electron chi connectivity index (χ0n) is 13.9. The van der Waals surface area contributed by atoms with Crippen LogP contribution in [-0.2, 0) is 4.79 Å². The van der Waals surface area contributed by atoms with Crippen LogP contribution in [0.5, 0.6) is 0 Å². The molecule has 0 aliphatic rings. The van der Waals surface area contributed by atoms with Crippen LogP contribution < -0.4 is 10.6 Å². The summed E-state index contributed by atoms with van der Waals surface area (Å²) in [5.41, 5.74) is 0.950. The van der Waals surface area contributed by atoms with Crippen LogP contribution in [0, 0.1) is 5.82 Å². The lowest BCUT2D eigenvalue weighted by molar-refractivity contribution is -0.115. The molecule has 0 fully saturated rings. The Morgan fingerprint density at radius 1 is 1.19 bits per heavy atom. The van der Waals surface area contributed by atoms with Crippen LogP contribution in [0.1, 0.15) is 6.92 Å². The van der Waals surface area contributed by atoms with Crippen LogP contribution in [0.4, 0.5) is 20.9 Å². The van der Waals surface area contributed by atoms with E-state index in [-0.39, 0.29) is 11.7 Å². The molecule has 1 heterocycles. The molecule has 5 nitrogen and oxygen atoms in total. The van der Waals surface area contributed by atoms with E-state index in [1.54, 1.807) is 37.3 Å². The summed E-state index contributed by atoms with van der Waals surface area (Å²) >= 11 is 14.7. The second-order valence-electron chi connectivity index (χ2n) is 5.35. The first kappa shape index (κ1) is 19.9. The molecule has 0 bridgehead atoms. The minimum atomic E-state index is -0.452. The molecule has 10 heteroatoms. The summed E-state index contributed by atoms with van der Waals surface area (Å²) in [5.74, 6) is -0.604. The maximum atomic E-state index is 13.2. The molecule has 0 aliphatic heterocycles. The standard InChI is InChI=1S/C17H13Cl2FN4OS2/c1-9(15(25)22-14-12(18)6-3-7-13(14)19)26-17-24-23-16(27-17)21-11-5-2-4-10(20)8-11/h2-9H,1H3,(H,21,23)(H,22,25). The summed E-state index contributed by atoms with van der Waals surface area (Å²) in [7, 11) is 0. The Morgan fingerprint density at radius 2 is 1.89 bits per heavy atom. The molecule has 3 rings (SSSR count). The van der Waals surface area contributed by atoms with Crippen molar-refractivity contribution in [3.63, 3.8) is 0 Å². The van der Waals surface area contributed by atoms with Crippen molar-refractivity contribution in [2.45, 2.75) is 16.5 Å². The fraction of sp³-hybridized carbons (Fsp3) is 0.118. The first-order valence-electron chi connectivity index (χ1n) is 7.70. The van der Waals surface area contributed by atoms with Gasteiger partial charge in [0, 0.05) is 5.69 Å². The topological polar surface area (TPSA) is 66.9 Å². The normalized spacial score (nSPS) is 11.9. The van der Waals surface area contributed by atoms with Gasteiger partial charge in [0.2, 0.25) is 11.0 Å². The lowest BCUT2D eigenvalue weighted by Gasteiger charge is -2.12. The van der Waals surface area contributed by atoms with E-state index < -0.39 is 5.25 Å². The quantitative estimate of drug-likeness (QED) is 0.468. The molecule has 27 heavy (non-hydrogen) atoms. The van der Waals surface area contributed by atoms with Gasteiger partial charge in [0.05, 0.1) is 21.0 Å². The number of thioether (sulfide) groups is 1. The fourth-order valence-electron chi connectivity index (χ4n) is 2.04. The molecule has 2 N–H and O–H groups in total. The molecule has 0 radical (unpaired) electrons. The number of benzene rings is 2. The molecule has 3 aromatic rings. The van der Waals surface area contributed by atoms with Gasteiger partial charge < -0.3 is 10.6 Å². The number of hydrogen-bond donors (Lipinski definition) is 2. The molecule has 2 aromatic carbocycles. The number of nitrogens with zero attached hydrogens (tertiary/aromatic N) is 2. The van der Waals surface area contributed by atoms with E-state index >= 15 is 0 Å². The first-order valence-corrected chi connectivity index (χ1v) is 10.1. The molecule has 140 valence electrons. The van der Waals surface area contributed by atoms with Crippen molar-refractivity contribution < 1.29 is 9.18 Å². The molecule has 0 spiro atoms. The highest BCUT2D eigenvalue weighted by Gasteiger charge is 2.19. The van der Waals surface area contributed by atoms with Crippen molar-refractivity contribution in [3.8, 4) is 0 Å². The third-order valence-electron chi connectivity index (χ3n) is 3.34. The number of hydrogen-bond acceptors (Lipinski definition) is 6. The van der Waals surface area contributed by atoms with Crippen molar-refractivity contribution in [2.75, 3.05) is 10.6 Å². The number of rotatable bonds is 6. The number of para-hydroxylation sites is 1. The van der Waals surface area contributed by atoms with E-state index in [0.29, 0.717) is 30.9 Å². The number of nitrogens with one attached hydrogen (secondary N) is 2. The zero-order valence-corrected chi connectivity index (χ0v) is 17.0. The van der Waals surface area contributed by atoms with Crippen LogP contribution in [0.15, 0.2) is 46.8 Å². The molecule has 0 saturated heterocycles. The molecule has 0 aliphatic carbocycles. The van der Waals surface area contributed by atoms with Gasteiger partial charge in [-0.15, -0.1) is 10.2 Å². The predicted molar refractivity (Wildman–Crippen MR) is 110 cm³/mol. The van der Waals surface area contributed by atoms with Gasteiger partial charge in [-0.2, -0.15) is 0 Å². The Hall–Kier alpha value is -1.87. The highest BCUT2D eigenvalue weighted by Crippen LogP contribution is 2.33. The van der Waals surface area contributed by atoms with Gasteiger partial charge in [-0.25, -0.2) is 4.39 Å². The minimum absolute atomic E-state index is 0.259. The molecule has 1 atom stereocenters. The first-order chi connectivity index (χ1) is 12.9. The number of aromatic nitrogens is 2. The van der Waals surface area contributed by atoms with E-state index in [0.717, 1.165) is 0 Å². The van der Waals surface area contributed by atoms with Crippen molar-refractivity contribution in [2.24, 2.45) is 0 Å². The van der Waals surface area contributed by atoms with Crippen LogP contribution >= 0.6 is 46.3 Å². The Labute approximate surface area is 173 Å². The zero-order chi connectivity index (χ0) is 19.4. The van der Waals surface area contributed by atoms with E-state index in [2.05, 4.69) is 20.8 Å². The van der Waals surface area contributed by atoms with Crippen LogP contribution in [0.3, 0.4) is 0 Å². The van der Waals surface area contributed by atoms with Gasteiger partial charge in [-0.1, -0.05) is 58.4 Å². The molecule has 1 aromatic heterocycles. The third-order valence-corrected chi connectivity index (χ3v) is 5.99. The van der Waals surface area contributed by atoms with E-state index in [4.69, 9.17) is 23.2 Å². The van der Waals surface area contributed by atoms with Gasteiger partial charge in [-0.3, -0.25) is 4.79 Å². The highest BCUT2D eigenvalue weighted by atomic mass is 35.5. The van der Waals surface area contributed by atoms with E-state index in [9.17, 15) is 9.18 Å². The summed E-state index contributed by atoms with van der Waals surface area (Å²) in [4.78, 5) is 12.4. The average Bonchev–Trinajstić information content (AvgIpc) is 3.05. The van der Waals surface area contributed by atoms with E-state index in [1.165, 1.54) is 35.2 Å². The van der Waals surface area contributed by atoms with Crippen molar-refractivity contribution in [1.82, 2.24) is 10.2 Å². The van der Waals surface area contributed by atoms with Crippen molar-refractivity contribution >= 4 is 68.7 Å². The van der Waals surface area contributed by atoms with Gasteiger partial charge in [0.25, 0.3) is 0 Å². The predicted octanol–water partition coefficient (Wildman–Crippen LogP) is 5.85. The molecular formula is C17H13Cl2FN4OS2. The molecule has 1 unspecified atom stereocenters. The SMILES string of the molecule is CC(Sc1nnc(Nc2cccc(F)c2)s1)C(=O)Nc1c(Cl)cccc1Cl. The Balaban J connectivity index is 1.62. The lowest BCUT2D eigenvalue weighted by Crippen LogP contribution is -2.22. The van der Waals surface area contributed by atoms with E-state index in [1.807, 2.05) is 0 Å². The Morgan fingerprint density at radius 3 is 2.59 bits per heavy atom. The number of anilines is 3. The highest BCUT2D eigenvalue weighted by molar-refractivity contribution is 8.02. The molecule has 0 saturated carbocycles. The van der Waals surface area contributed by atoms with Crippen LogP contribution in [0.2, 0.25) is 10.0 Å². The summed E-state index contributed by atoms with van der Waals surface area (Å²) < 4.78 is 13.8. The van der Waals surface area contributed by atoms with Crippen LogP contribution in [0.25, 0.3) is 0 Å². The van der Waals surface area contributed by atoms with Gasteiger partial charge in [-0.05, 0) is 37.3 Å². The maximum absolute atomic E-state index is 13.2. The van der Waals surface area contributed by atoms with Gasteiger partial charge in [0.1, 0.15) is 5.82 Å². The number of halogens is 3. The summed E-state index contributed by atoms with van der Waals surface area (Å²) in [6.07, 6.45) is 0. The monoisotopic (exact) mass is 442 g/mol. The second-order valence-corrected chi connectivity index (χ2v) is 8.73. The molecular weight excluding hydrogens is 430 g/mol. The van der Waals surface area contributed by atoms with Crippen molar-refractivity contribution in [1.29, 1.82) is 0 Å². The summed E-state index contributed by atoms with van der Waals surface area (Å²) in [6, 6.07) is 11.0. The minimum Gasteiger partial charge on any atom is -0.330 e. The summed E-state index contributed by atoms with van der Waals surface area (Å²) in [6.45, 7) is 1.74. The van der Waals surface area contributed by atoms with Gasteiger partial charge in [0.15, 0.2) is 4.34 Å². The molecule has 1 amide bonds. The number of amides is 1. The second kappa shape index (κ2) is 8.88. The van der Waals surface area contributed by atoms with Gasteiger partial charge >= 0.3 is 0 Å². The Kier molecular flexibility index (Phi) is 6.54. The lowest BCUT2D eigenvalue weighted by atomic mass is 10.3. The largest absolute Gasteiger partial charge is 0.330 e. The third kappa shape index (κ3) is 5.32. The van der Waals surface area contributed by atoms with Crippen LogP contribution in [-0.4, -0.2) is 21.4 Å². The number of carbonyl (C=O) groups excluding carboxylic acids is 1. The fourth-order valence-corrected chi connectivity index (χ4v) is 4.45. The smallest absolute Gasteiger partial charge is 0.237 e. The summed E-state index contributed by atoms with van der Waals surface area (Å²) in [5, 5.41) is 14.5. The van der Waals surface area contributed by atoms with Crippen molar-refractivity contribution in [3.05, 3.63) is 58.3 Å².